The van der Waals surface area contributed by atoms with Gasteiger partial charge in [-0.3, -0.25) is 39.1 Å². The number of amides is 3. The van der Waals surface area contributed by atoms with Gasteiger partial charge in [0, 0.05) is 17.2 Å². The number of esters is 2. The second-order valence-electron chi connectivity index (χ2n) is 9.34. The van der Waals surface area contributed by atoms with Crippen LogP contribution in [0.3, 0.4) is 0 Å². The number of hydrogen-bond donors (Lipinski definition) is 1. The number of anilines is 1. The Morgan fingerprint density at radius 3 is 2.25 bits per heavy atom. The molecule has 2 aliphatic heterocycles. The molecule has 0 fully saturated rings. The van der Waals surface area contributed by atoms with Crippen LogP contribution < -0.4 is 10.2 Å². The van der Waals surface area contributed by atoms with Crippen molar-refractivity contribution in [1.29, 1.82) is 0 Å². The van der Waals surface area contributed by atoms with E-state index in [1.807, 2.05) is 12.1 Å². The Kier molecular flexibility index (Phi) is 9.94. The average Bonchev–Trinajstić information content (AvgIpc) is 3.11. The topological polar surface area (TPSA) is 122 Å². The predicted molar refractivity (Wildman–Crippen MR) is 149 cm³/mol. The number of para-hydroxylation sites is 1. The van der Waals surface area contributed by atoms with Crippen molar-refractivity contribution in [3.63, 3.8) is 0 Å². The zero-order chi connectivity index (χ0) is 28.6. The van der Waals surface area contributed by atoms with Crippen molar-refractivity contribution in [3.8, 4) is 0 Å². The summed E-state index contributed by atoms with van der Waals surface area (Å²) in [4.78, 5) is 67.6. The zero-order valence-corrected chi connectivity index (χ0v) is 23.4. The van der Waals surface area contributed by atoms with E-state index in [1.54, 1.807) is 50.2 Å². The molecule has 2 aromatic carbocycles. The highest BCUT2D eigenvalue weighted by atomic mass is 32.2. The Morgan fingerprint density at radius 1 is 0.925 bits per heavy atom. The quantitative estimate of drug-likeness (QED) is 0.234. The van der Waals surface area contributed by atoms with Gasteiger partial charge >= 0.3 is 11.9 Å². The van der Waals surface area contributed by atoms with Gasteiger partial charge in [0.1, 0.15) is 12.6 Å². The fourth-order valence-corrected chi connectivity index (χ4v) is 5.87. The molecule has 0 spiro atoms. The second-order valence-corrected chi connectivity index (χ2v) is 10.4. The van der Waals surface area contributed by atoms with E-state index in [0.717, 1.165) is 4.90 Å². The van der Waals surface area contributed by atoms with Crippen molar-refractivity contribution in [3.05, 3.63) is 59.7 Å². The Balaban J connectivity index is 1.42. The molecular weight excluding hydrogens is 534 g/mol. The Hall–Kier alpha value is -3.70. The molecule has 0 saturated heterocycles. The van der Waals surface area contributed by atoms with Crippen LogP contribution in [0.25, 0.3) is 0 Å². The van der Waals surface area contributed by atoms with E-state index < -0.39 is 24.0 Å². The summed E-state index contributed by atoms with van der Waals surface area (Å²) in [6.45, 7) is 3.77. The van der Waals surface area contributed by atoms with Gasteiger partial charge in [-0.15, -0.1) is 11.8 Å². The van der Waals surface area contributed by atoms with E-state index in [2.05, 4.69) is 5.32 Å². The van der Waals surface area contributed by atoms with Crippen molar-refractivity contribution in [2.24, 2.45) is 0 Å². The summed E-state index contributed by atoms with van der Waals surface area (Å²) in [5.41, 5.74) is 1.41. The van der Waals surface area contributed by atoms with Gasteiger partial charge in [-0.25, -0.2) is 0 Å². The minimum absolute atomic E-state index is 0.180. The number of thioether (sulfide) groups is 1. The number of imide groups is 1. The third-order valence-electron chi connectivity index (χ3n) is 6.69. The Labute approximate surface area is 237 Å². The largest absolute Gasteiger partial charge is 0.465 e. The first-order chi connectivity index (χ1) is 19.3. The number of ether oxygens (including phenoxy) is 2. The van der Waals surface area contributed by atoms with E-state index in [-0.39, 0.29) is 44.0 Å². The second kappa shape index (κ2) is 13.6. The smallest absolute Gasteiger partial charge is 0.326 e. The summed E-state index contributed by atoms with van der Waals surface area (Å²) in [6.07, 6.45) is 1.32. The molecule has 0 aromatic heterocycles. The average molecular weight is 568 g/mol. The first-order valence-electron chi connectivity index (χ1n) is 13.4. The van der Waals surface area contributed by atoms with Crippen LogP contribution in [-0.4, -0.2) is 78.7 Å². The molecular formula is C29H33N3O7S. The summed E-state index contributed by atoms with van der Waals surface area (Å²) in [5, 5.41) is 3.17. The number of nitrogens with one attached hydrogen (secondary N) is 1. The van der Waals surface area contributed by atoms with E-state index in [0.29, 0.717) is 41.8 Å². The lowest BCUT2D eigenvalue weighted by Gasteiger charge is -2.27. The molecule has 4 rings (SSSR count). The summed E-state index contributed by atoms with van der Waals surface area (Å²) in [6, 6.07) is 12.5. The highest BCUT2D eigenvalue weighted by Crippen LogP contribution is 2.34. The summed E-state index contributed by atoms with van der Waals surface area (Å²) >= 11 is 1.46. The molecule has 1 unspecified atom stereocenters. The van der Waals surface area contributed by atoms with E-state index in [1.165, 1.54) is 21.6 Å². The van der Waals surface area contributed by atoms with E-state index in [9.17, 15) is 24.0 Å². The van der Waals surface area contributed by atoms with Crippen molar-refractivity contribution >= 4 is 47.1 Å². The zero-order valence-electron chi connectivity index (χ0n) is 22.6. The van der Waals surface area contributed by atoms with Crippen LogP contribution in [0.1, 0.15) is 53.8 Å². The molecule has 1 N–H and O–H groups in total. The molecule has 10 nitrogen and oxygen atoms in total. The standard InChI is InChI=1S/C29H33N3O7S/c1-3-38-25(33)17-32-23-14-7-8-15-24(23)40-18-22(28(32)36)30-21(29(37)39-4-2)13-9-10-16-31-26(34)19-11-5-6-12-20(19)27(31)35/h5-8,11-12,14-15,21-22,30H,3-4,9-10,13,16-18H2,1-2H3/t21?,22-/m0/s1. The number of benzene rings is 2. The molecule has 0 radical (unpaired) electrons. The van der Waals surface area contributed by atoms with Crippen LogP contribution in [0.5, 0.6) is 0 Å². The maximum absolute atomic E-state index is 13.7. The normalized spacial score (nSPS) is 17.2. The van der Waals surface area contributed by atoms with Crippen LogP contribution in [-0.2, 0) is 23.9 Å². The molecule has 11 heteroatoms. The van der Waals surface area contributed by atoms with Crippen LogP contribution in [0.2, 0.25) is 0 Å². The molecule has 40 heavy (non-hydrogen) atoms. The monoisotopic (exact) mass is 567 g/mol. The lowest BCUT2D eigenvalue weighted by molar-refractivity contribution is -0.146. The summed E-state index contributed by atoms with van der Waals surface area (Å²) < 4.78 is 10.4. The molecule has 3 amide bonds. The highest BCUT2D eigenvalue weighted by molar-refractivity contribution is 7.99. The first-order valence-corrected chi connectivity index (χ1v) is 14.4. The van der Waals surface area contributed by atoms with Crippen molar-refractivity contribution in [2.45, 2.75) is 50.1 Å². The third kappa shape index (κ3) is 6.53. The molecule has 0 aliphatic carbocycles. The van der Waals surface area contributed by atoms with Gasteiger partial charge in [-0.05, 0) is 57.4 Å². The minimum atomic E-state index is -0.790. The number of fused-ring (bicyclic) bond motifs is 2. The fraction of sp³-hybridized carbons (Fsp3) is 0.414. The van der Waals surface area contributed by atoms with Gasteiger partial charge in [-0.1, -0.05) is 24.3 Å². The van der Waals surface area contributed by atoms with Gasteiger partial charge in [0.2, 0.25) is 5.91 Å². The Morgan fingerprint density at radius 2 is 1.57 bits per heavy atom. The number of hydrogen-bond acceptors (Lipinski definition) is 9. The Bertz CT molecular complexity index is 1250. The maximum atomic E-state index is 13.7. The maximum Gasteiger partial charge on any atom is 0.326 e. The molecule has 2 atom stereocenters. The molecule has 2 heterocycles. The molecule has 0 bridgehead atoms. The van der Waals surface area contributed by atoms with Crippen LogP contribution in [0.4, 0.5) is 5.69 Å². The van der Waals surface area contributed by atoms with Crippen LogP contribution in [0, 0.1) is 0 Å². The lowest BCUT2D eigenvalue weighted by Crippen LogP contribution is -2.54. The molecule has 212 valence electrons. The number of carbonyl (C=O) groups is 5. The van der Waals surface area contributed by atoms with Crippen molar-refractivity contribution < 1.29 is 33.4 Å². The summed E-state index contributed by atoms with van der Waals surface area (Å²) in [7, 11) is 0. The van der Waals surface area contributed by atoms with Crippen LogP contribution >= 0.6 is 11.8 Å². The minimum Gasteiger partial charge on any atom is -0.465 e. The van der Waals surface area contributed by atoms with Gasteiger partial charge < -0.3 is 9.47 Å². The third-order valence-corrected chi connectivity index (χ3v) is 7.85. The molecule has 0 saturated carbocycles. The number of carbonyl (C=O) groups excluding carboxylic acids is 5. The lowest BCUT2D eigenvalue weighted by atomic mass is 10.1. The van der Waals surface area contributed by atoms with Gasteiger partial charge in [0.15, 0.2) is 0 Å². The SMILES string of the molecule is CCOC(=O)CN1C(=O)[C@@H](NC(CCCCN2C(=O)c3ccccc3C2=O)C(=O)OCC)CSc2ccccc21. The predicted octanol–water partition coefficient (Wildman–Crippen LogP) is 3.04. The first kappa shape index (κ1) is 29.3. The van der Waals surface area contributed by atoms with E-state index in [4.69, 9.17) is 9.47 Å². The van der Waals surface area contributed by atoms with Gasteiger partial charge in [-0.2, -0.15) is 0 Å². The van der Waals surface area contributed by atoms with Crippen molar-refractivity contribution in [2.75, 3.05) is 37.0 Å². The number of nitrogens with zero attached hydrogens (tertiary/aromatic N) is 2. The van der Waals surface area contributed by atoms with Crippen molar-refractivity contribution in [1.82, 2.24) is 10.2 Å². The molecule has 2 aromatic rings. The summed E-state index contributed by atoms with van der Waals surface area (Å²) in [5.74, 6) is -1.64. The fourth-order valence-electron chi connectivity index (χ4n) is 4.79. The van der Waals surface area contributed by atoms with Gasteiger partial charge in [0.25, 0.3) is 11.8 Å². The molecule has 2 aliphatic rings. The van der Waals surface area contributed by atoms with Crippen LogP contribution in [0.15, 0.2) is 53.4 Å². The van der Waals surface area contributed by atoms with E-state index >= 15 is 0 Å². The highest BCUT2D eigenvalue weighted by Gasteiger charge is 2.36. The van der Waals surface area contributed by atoms with Gasteiger partial charge in [0.05, 0.1) is 36.1 Å². The number of unbranched alkanes of at least 4 members (excludes halogenated alkanes) is 1. The number of rotatable bonds is 12.